The second-order valence-electron chi connectivity index (χ2n) is 17.9. The van der Waals surface area contributed by atoms with Crippen LogP contribution < -0.4 is 40.2 Å². The number of aliphatic hydroxyl groups excluding tert-OH is 2. The van der Waals surface area contributed by atoms with E-state index in [0.29, 0.717) is 75.8 Å². The van der Waals surface area contributed by atoms with Gasteiger partial charge in [-0.1, -0.05) is 36.4 Å². The van der Waals surface area contributed by atoms with Crippen LogP contribution >= 0.6 is 0 Å². The molecule has 0 saturated carbocycles. The predicted molar refractivity (Wildman–Crippen MR) is 257 cm³/mol. The largest absolute Gasteiger partial charge is 0.488 e. The van der Waals surface area contributed by atoms with Crippen LogP contribution in [0.15, 0.2) is 72.8 Å². The van der Waals surface area contributed by atoms with Gasteiger partial charge < -0.3 is 50.4 Å². The zero-order valence-electron chi connectivity index (χ0n) is 40.1. The van der Waals surface area contributed by atoms with E-state index in [1.165, 1.54) is 24.3 Å². The van der Waals surface area contributed by atoms with E-state index in [9.17, 15) is 46.1 Å². The zero-order valence-corrected chi connectivity index (χ0v) is 40.1. The number of aliphatic hydroxyl groups is 2. The number of ether oxygens (including phenoxy) is 4. The molecule has 6 rings (SSSR count). The minimum Gasteiger partial charge on any atom is -0.488 e. The average molecular weight is 1000 g/mol. The molecule has 14 nitrogen and oxygen atoms in total. The fraction of sp³-hybridized carbons (Fsp3) is 0.490. The summed E-state index contributed by atoms with van der Waals surface area (Å²) in [5.41, 5.74) is 17.8. The van der Waals surface area contributed by atoms with Gasteiger partial charge in [-0.25, -0.2) is 0 Å². The van der Waals surface area contributed by atoms with Crippen LogP contribution in [0.2, 0.25) is 0 Å². The SMILES string of the molecule is C[C@H](Cc1cc2c(c(C(N)=O)c1)N(CCCO)CC2)N(CCOc1ccccc1OCC(F)(F)F)CN(CCOc1ccccc1OCC(F)(F)F)[C@H](C)Cc1cc2c(c(C(N)=O)c1)N(CCCO)CC2. The van der Waals surface area contributed by atoms with Gasteiger partial charge in [0.15, 0.2) is 36.2 Å². The fourth-order valence-electron chi connectivity index (χ4n) is 9.24. The van der Waals surface area contributed by atoms with Gasteiger partial charge in [-0.15, -0.1) is 0 Å². The first-order valence-corrected chi connectivity index (χ1v) is 23.8. The van der Waals surface area contributed by atoms with Gasteiger partial charge in [-0.05, 0) is 111 Å². The van der Waals surface area contributed by atoms with Gasteiger partial charge in [0.05, 0.1) is 29.2 Å². The lowest BCUT2D eigenvalue weighted by Gasteiger charge is -2.38. The Hall–Kier alpha value is -5.96. The quantitative estimate of drug-likeness (QED) is 0.0358. The number of halogens is 6. The molecular weight excluding hydrogens is 939 g/mol. The number of primary amides is 2. The standard InChI is InChI=1S/C51H64F6N6O8/c1-34(25-36-27-38-13-17-60(15-7-21-64)46(38)40(29-36)48(58)66)62(19-23-68-42-9-3-5-11-44(42)70-31-50(52,53)54)33-63(20-24-69-43-10-4-6-12-45(43)71-32-51(55,56)57)35(2)26-37-28-39-14-18-61(16-8-22-65)47(39)41(30-37)49(59)67/h3-6,9-12,27-30,34-35,64-65H,7-8,13-26,31-33H2,1-2H3,(H2,58,66)(H2,59,67)/t34-,35-/m1/s1. The molecule has 0 fully saturated rings. The summed E-state index contributed by atoms with van der Waals surface area (Å²) in [4.78, 5) is 34.2. The Balaban J connectivity index is 1.31. The highest BCUT2D eigenvalue weighted by Crippen LogP contribution is 2.36. The number of anilines is 2. The first-order valence-electron chi connectivity index (χ1n) is 23.8. The number of alkyl halides is 6. The van der Waals surface area contributed by atoms with E-state index in [1.807, 2.05) is 13.8 Å². The fourth-order valence-corrected chi connectivity index (χ4v) is 9.24. The van der Waals surface area contributed by atoms with E-state index in [2.05, 4.69) is 31.7 Å². The Morgan fingerprint density at radius 2 is 0.986 bits per heavy atom. The number of nitrogens with zero attached hydrogens (tertiary/aromatic N) is 4. The van der Waals surface area contributed by atoms with Crippen LogP contribution in [0.1, 0.15) is 69.7 Å². The van der Waals surface area contributed by atoms with Crippen molar-refractivity contribution in [3.8, 4) is 23.0 Å². The smallest absolute Gasteiger partial charge is 0.422 e. The van der Waals surface area contributed by atoms with E-state index in [0.717, 1.165) is 33.6 Å². The van der Waals surface area contributed by atoms with Crippen molar-refractivity contribution in [2.45, 2.75) is 76.8 Å². The van der Waals surface area contributed by atoms with E-state index < -0.39 is 37.4 Å². The molecule has 0 aromatic heterocycles. The number of benzene rings is 4. The van der Waals surface area contributed by atoms with Gasteiger partial charge >= 0.3 is 12.4 Å². The molecule has 0 aliphatic carbocycles. The minimum atomic E-state index is -4.58. The molecule has 4 aromatic rings. The summed E-state index contributed by atoms with van der Waals surface area (Å²) in [6.07, 6.45) is -5.91. The summed E-state index contributed by atoms with van der Waals surface area (Å²) < 4.78 is 102. The Morgan fingerprint density at radius 1 is 0.620 bits per heavy atom. The van der Waals surface area contributed by atoms with Gasteiger partial charge in [-0.2, -0.15) is 26.3 Å². The third-order valence-electron chi connectivity index (χ3n) is 12.6. The number of rotatable bonds is 28. The average Bonchev–Trinajstić information content (AvgIpc) is 3.93. The van der Waals surface area contributed by atoms with Crippen LogP contribution in [0, 0.1) is 0 Å². The Kier molecular flexibility index (Phi) is 19.1. The number of amides is 2. The van der Waals surface area contributed by atoms with Gasteiger partial charge in [0.25, 0.3) is 11.8 Å². The Labute approximate surface area is 410 Å². The van der Waals surface area contributed by atoms with Gasteiger partial charge in [0, 0.05) is 64.6 Å². The molecule has 4 aromatic carbocycles. The molecule has 2 atom stereocenters. The molecule has 20 heteroatoms. The van der Waals surface area contributed by atoms with Crippen LogP contribution in [-0.4, -0.2) is 142 Å². The summed E-state index contributed by atoms with van der Waals surface area (Å²) in [6, 6.07) is 19.3. The lowest BCUT2D eigenvalue weighted by molar-refractivity contribution is -0.154. The molecule has 0 unspecified atom stereocenters. The maximum Gasteiger partial charge on any atom is 0.422 e. The third kappa shape index (κ3) is 15.5. The van der Waals surface area contributed by atoms with E-state index >= 15 is 0 Å². The van der Waals surface area contributed by atoms with Crippen molar-refractivity contribution in [1.29, 1.82) is 0 Å². The van der Waals surface area contributed by atoms with Crippen molar-refractivity contribution >= 4 is 23.2 Å². The molecular formula is C51H64F6N6O8. The van der Waals surface area contributed by atoms with Crippen LogP contribution in [0.3, 0.4) is 0 Å². The molecule has 2 aliphatic rings. The van der Waals surface area contributed by atoms with Crippen molar-refractivity contribution in [1.82, 2.24) is 9.80 Å². The summed E-state index contributed by atoms with van der Waals surface area (Å²) in [7, 11) is 0. The molecule has 0 radical (unpaired) electrons. The van der Waals surface area contributed by atoms with Gasteiger partial charge in [-0.3, -0.25) is 19.4 Å². The summed E-state index contributed by atoms with van der Waals surface area (Å²) in [5, 5.41) is 19.0. The normalized spacial score (nSPS) is 14.4. The molecule has 71 heavy (non-hydrogen) atoms. The first kappa shape index (κ1) is 54.4. The highest BCUT2D eigenvalue weighted by molar-refractivity contribution is 6.01. The van der Waals surface area contributed by atoms with Gasteiger partial charge in [0.1, 0.15) is 13.2 Å². The molecule has 2 heterocycles. The lowest BCUT2D eigenvalue weighted by Crippen LogP contribution is -2.49. The third-order valence-corrected chi connectivity index (χ3v) is 12.6. The topological polar surface area (TPSA) is 177 Å². The number of hydrogen-bond donors (Lipinski definition) is 4. The highest BCUT2D eigenvalue weighted by Gasteiger charge is 2.32. The molecule has 0 bridgehead atoms. The number of fused-ring (bicyclic) bond motifs is 2. The lowest BCUT2D eigenvalue weighted by atomic mass is 9.97. The van der Waals surface area contributed by atoms with E-state index in [1.54, 1.807) is 36.4 Å². The molecule has 6 N–H and O–H groups in total. The predicted octanol–water partition coefficient (Wildman–Crippen LogP) is 6.54. The second-order valence-corrected chi connectivity index (χ2v) is 17.9. The molecule has 2 amide bonds. The van der Waals surface area contributed by atoms with E-state index in [4.69, 9.17) is 30.4 Å². The van der Waals surface area contributed by atoms with Crippen LogP contribution in [0.25, 0.3) is 0 Å². The number of carbonyl (C=O) groups is 2. The van der Waals surface area contributed by atoms with Crippen molar-refractivity contribution in [2.75, 3.05) is 95.4 Å². The van der Waals surface area contributed by atoms with Crippen LogP contribution in [0.4, 0.5) is 37.7 Å². The van der Waals surface area contributed by atoms with Gasteiger partial charge in [0.2, 0.25) is 0 Å². The van der Waals surface area contributed by atoms with Crippen molar-refractivity contribution in [3.63, 3.8) is 0 Å². The maximum absolute atomic E-state index is 13.2. The Morgan fingerprint density at radius 3 is 1.32 bits per heavy atom. The van der Waals surface area contributed by atoms with Crippen molar-refractivity contribution in [3.05, 3.63) is 106 Å². The molecule has 0 spiro atoms. The first-order chi connectivity index (χ1) is 33.8. The molecule has 2 aliphatic heterocycles. The summed E-state index contributed by atoms with van der Waals surface area (Å²) in [6.45, 7) is 4.16. The summed E-state index contributed by atoms with van der Waals surface area (Å²) in [5.74, 6) is -1.11. The van der Waals surface area contributed by atoms with E-state index in [-0.39, 0.29) is 81.3 Å². The van der Waals surface area contributed by atoms with Crippen molar-refractivity contribution in [2.24, 2.45) is 11.5 Å². The number of nitrogens with two attached hydrogens (primary N) is 2. The number of hydrogen-bond acceptors (Lipinski definition) is 12. The molecule has 388 valence electrons. The maximum atomic E-state index is 13.2. The van der Waals surface area contributed by atoms with Crippen molar-refractivity contribution < 1.29 is 65.1 Å². The summed E-state index contributed by atoms with van der Waals surface area (Å²) >= 11 is 0. The minimum absolute atomic E-state index is 0.00290. The Bertz CT molecular complexity index is 2240. The number of para-hydroxylation sites is 4. The molecule has 0 saturated heterocycles. The monoisotopic (exact) mass is 1000 g/mol. The highest BCUT2D eigenvalue weighted by atomic mass is 19.4. The zero-order chi connectivity index (χ0) is 51.3. The van der Waals surface area contributed by atoms with Crippen LogP contribution in [0.5, 0.6) is 23.0 Å². The second kappa shape index (κ2) is 24.9. The van der Waals surface area contributed by atoms with Crippen LogP contribution in [-0.2, 0) is 25.7 Å². The number of carbonyl (C=O) groups excluding carboxylic acids is 2.